The summed E-state index contributed by atoms with van der Waals surface area (Å²) in [7, 11) is -3.93. The monoisotopic (exact) mass is 282 g/mol. The quantitative estimate of drug-likeness (QED) is 0.863. The predicted octanol–water partition coefficient (Wildman–Crippen LogP) is 0.272. The van der Waals surface area contributed by atoms with Gasteiger partial charge in [0.25, 0.3) is 15.2 Å². The lowest BCUT2D eigenvalue weighted by Crippen LogP contribution is -2.20. The molecule has 0 aromatic carbocycles. The lowest BCUT2D eigenvalue weighted by molar-refractivity contribution is 0.524. The second-order valence-corrected chi connectivity index (χ2v) is 5.81. The lowest BCUT2D eigenvalue weighted by Gasteiger charge is -2.12. The van der Waals surface area contributed by atoms with Gasteiger partial charge in [0, 0.05) is 12.2 Å². The molecule has 0 amide bonds. The fourth-order valence-corrected chi connectivity index (χ4v) is 2.35. The maximum Gasteiger partial charge on any atom is 0.273 e. The van der Waals surface area contributed by atoms with Gasteiger partial charge in [-0.3, -0.25) is 9.55 Å². The summed E-state index contributed by atoms with van der Waals surface area (Å²) in [6.45, 7) is 5.42. The Balaban J connectivity index is 2.65. The molecule has 2 rings (SSSR count). The summed E-state index contributed by atoms with van der Waals surface area (Å²) in [4.78, 5) is 8.27. The van der Waals surface area contributed by atoms with E-state index in [9.17, 15) is 8.42 Å². The third-order valence-electron chi connectivity index (χ3n) is 2.45. The zero-order valence-corrected chi connectivity index (χ0v) is 11.6. The number of hydrogen-bond acceptors (Lipinski definition) is 6. The van der Waals surface area contributed by atoms with E-state index in [1.54, 1.807) is 13.1 Å². The van der Waals surface area contributed by atoms with Crippen molar-refractivity contribution in [1.29, 1.82) is 0 Å². The molecule has 0 spiro atoms. The molecule has 2 aromatic heterocycles. The molecule has 0 aliphatic carbocycles. The van der Waals surface area contributed by atoms with Crippen molar-refractivity contribution in [3.05, 3.63) is 18.1 Å². The van der Waals surface area contributed by atoms with Gasteiger partial charge in [0.15, 0.2) is 5.82 Å². The van der Waals surface area contributed by atoms with Crippen molar-refractivity contribution in [3.8, 4) is 11.5 Å². The van der Waals surface area contributed by atoms with Crippen LogP contribution in [0.25, 0.3) is 11.5 Å². The van der Waals surface area contributed by atoms with Gasteiger partial charge < -0.3 is 0 Å². The van der Waals surface area contributed by atoms with Crippen LogP contribution >= 0.6 is 0 Å². The van der Waals surface area contributed by atoms with Gasteiger partial charge in [0.1, 0.15) is 5.69 Å². The summed E-state index contributed by atoms with van der Waals surface area (Å²) in [5, 5.41) is 12.3. The van der Waals surface area contributed by atoms with Crippen LogP contribution in [0.4, 0.5) is 0 Å². The highest BCUT2D eigenvalue weighted by molar-refractivity contribution is 7.89. The average molecular weight is 282 g/mol. The fourth-order valence-electron chi connectivity index (χ4n) is 1.62. The molecule has 2 aromatic rings. The second-order valence-electron chi connectivity index (χ2n) is 4.36. The van der Waals surface area contributed by atoms with Crippen LogP contribution in [0.2, 0.25) is 0 Å². The van der Waals surface area contributed by atoms with Crippen molar-refractivity contribution >= 4 is 10.0 Å². The Morgan fingerprint density at radius 2 is 1.89 bits per heavy atom. The smallest absolute Gasteiger partial charge is 0.273 e. The van der Waals surface area contributed by atoms with E-state index in [4.69, 9.17) is 5.14 Å². The van der Waals surface area contributed by atoms with Crippen LogP contribution in [0.15, 0.2) is 17.6 Å². The van der Waals surface area contributed by atoms with Crippen LogP contribution in [0, 0.1) is 6.92 Å². The van der Waals surface area contributed by atoms with Crippen LogP contribution in [-0.4, -0.2) is 33.2 Å². The molecule has 0 bridgehead atoms. The van der Waals surface area contributed by atoms with E-state index < -0.39 is 10.0 Å². The Morgan fingerprint density at radius 1 is 1.21 bits per heavy atom. The number of nitrogens with two attached hydrogens (primary N) is 1. The summed E-state index contributed by atoms with van der Waals surface area (Å²) in [6, 6.07) is -0.179. The van der Waals surface area contributed by atoms with Crippen LogP contribution in [0.3, 0.4) is 0 Å². The largest absolute Gasteiger partial charge is 0.293 e. The first-order valence-electron chi connectivity index (χ1n) is 5.57. The SMILES string of the molecule is Cc1cnc(-c2nnc(S(N)(=O)=O)n2C(C)C)cn1. The standard InChI is InChI=1S/C10H14N6O2S/c1-6(2)16-9(8-5-12-7(3)4-13-8)14-15-10(16)19(11,17)18/h4-6H,1-3H3,(H2,11,17,18). The summed E-state index contributed by atoms with van der Waals surface area (Å²) in [5.74, 6) is 0.325. The third-order valence-corrected chi connectivity index (χ3v) is 3.23. The van der Waals surface area contributed by atoms with Gasteiger partial charge in [0.05, 0.1) is 11.9 Å². The molecule has 2 heterocycles. The van der Waals surface area contributed by atoms with Crippen LogP contribution in [0.1, 0.15) is 25.6 Å². The van der Waals surface area contributed by atoms with Gasteiger partial charge in [-0.1, -0.05) is 0 Å². The minimum atomic E-state index is -3.93. The highest BCUT2D eigenvalue weighted by atomic mass is 32.2. The van der Waals surface area contributed by atoms with E-state index in [2.05, 4.69) is 20.2 Å². The number of sulfonamides is 1. The minimum absolute atomic E-state index is 0.179. The molecule has 102 valence electrons. The van der Waals surface area contributed by atoms with E-state index in [-0.39, 0.29) is 11.2 Å². The van der Waals surface area contributed by atoms with Crippen molar-refractivity contribution in [2.75, 3.05) is 0 Å². The normalized spacial score (nSPS) is 12.1. The zero-order chi connectivity index (χ0) is 14.2. The Labute approximate surface area is 110 Å². The number of nitrogens with zero attached hydrogens (tertiary/aromatic N) is 5. The van der Waals surface area contributed by atoms with Gasteiger partial charge in [-0.15, -0.1) is 10.2 Å². The molecular formula is C10H14N6O2S. The molecular weight excluding hydrogens is 268 g/mol. The molecule has 19 heavy (non-hydrogen) atoms. The van der Waals surface area contributed by atoms with Gasteiger partial charge >= 0.3 is 0 Å². The molecule has 0 atom stereocenters. The highest BCUT2D eigenvalue weighted by Crippen LogP contribution is 2.21. The summed E-state index contributed by atoms with van der Waals surface area (Å²) < 4.78 is 24.4. The van der Waals surface area contributed by atoms with Crippen molar-refractivity contribution in [2.45, 2.75) is 32.0 Å². The third kappa shape index (κ3) is 2.61. The van der Waals surface area contributed by atoms with Crippen molar-refractivity contribution in [2.24, 2.45) is 5.14 Å². The summed E-state index contributed by atoms with van der Waals surface area (Å²) in [6.07, 6.45) is 3.09. The van der Waals surface area contributed by atoms with E-state index >= 15 is 0 Å². The first-order chi connectivity index (χ1) is 8.80. The Kier molecular flexibility index (Phi) is 3.33. The van der Waals surface area contributed by atoms with Crippen LogP contribution in [-0.2, 0) is 10.0 Å². The lowest BCUT2D eigenvalue weighted by atomic mass is 10.3. The molecule has 2 N–H and O–H groups in total. The van der Waals surface area contributed by atoms with E-state index in [1.165, 1.54) is 10.8 Å². The Bertz CT molecular complexity index is 689. The zero-order valence-electron chi connectivity index (χ0n) is 10.8. The first kappa shape index (κ1) is 13.6. The molecule has 0 fully saturated rings. The minimum Gasteiger partial charge on any atom is -0.293 e. The summed E-state index contributed by atoms with van der Waals surface area (Å²) >= 11 is 0. The van der Waals surface area contributed by atoms with E-state index in [0.717, 1.165) is 5.69 Å². The molecule has 0 radical (unpaired) electrons. The van der Waals surface area contributed by atoms with Gasteiger partial charge in [-0.25, -0.2) is 18.5 Å². The Hall–Kier alpha value is -1.87. The molecule has 0 saturated carbocycles. The molecule has 0 aliphatic heterocycles. The number of aryl methyl sites for hydroxylation is 1. The van der Waals surface area contributed by atoms with Gasteiger partial charge in [-0.2, -0.15) is 0 Å². The molecule has 0 saturated heterocycles. The van der Waals surface area contributed by atoms with Crippen LogP contribution < -0.4 is 5.14 Å². The van der Waals surface area contributed by atoms with Gasteiger partial charge in [-0.05, 0) is 20.8 Å². The molecule has 0 unspecified atom stereocenters. The number of hydrogen-bond donors (Lipinski definition) is 1. The molecule has 9 heteroatoms. The highest BCUT2D eigenvalue weighted by Gasteiger charge is 2.24. The Morgan fingerprint density at radius 3 is 2.37 bits per heavy atom. The molecule has 8 nitrogen and oxygen atoms in total. The van der Waals surface area contributed by atoms with Crippen molar-refractivity contribution in [3.63, 3.8) is 0 Å². The first-order valence-corrected chi connectivity index (χ1v) is 7.12. The maximum absolute atomic E-state index is 11.5. The van der Waals surface area contributed by atoms with Crippen molar-refractivity contribution in [1.82, 2.24) is 24.7 Å². The number of rotatable bonds is 3. The number of aromatic nitrogens is 5. The second kappa shape index (κ2) is 4.67. The fraction of sp³-hybridized carbons (Fsp3) is 0.400. The van der Waals surface area contributed by atoms with Crippen molar-refractivity contribution < 1.29 is 8.42 Å². The van der Waals surface area contributed by atoms with Gasteiger partial charge in [0.2, 0.25) is 0 Å². The average Bonchev–Trinajstić information content (AvgIpc) is 2.74. The number of primary sulfonamides is 1. The predicted molar refractivity (Wildman–Crippen MR) is 67.5 cm³/mol. The summed E-state index contributed by atoms with van der Waals surface area (Å²) in [5.41, 5.74) is 1.20. The molecule has 0 aliphatic rings. The maximum atomic E-state index is 11.5. The van der Waals surface area contributed by atoms with E-state index in [1.807, 2.05) is 13.8 Å². The van der Waals surface area contributed by atoms with Crippen LogP contribution in [0.5, 0.6) is 0 Å². The van der Waals surface area contributed by atoms with E-state index in [0.29, 0.717) is 11.5 Å². The topological polar surface area (TPSA) is 117 Å².